The molecule has 0 fully saturated rings. The number of para-hydroxylation sites is 2. The molecule has 0 radical (unpaired) electrons. The van der Waals surface area contributed by atoms with Crippen LogP contribution in [0.4, 0.5) is 0 Å². The normalized spacial score (nSPS) is 12.1. The van der Waals surface area contributed by atoms with Crippen molar-refractivity contribution in [3.63, 3.8) is 0 Å². The molecule has 0 atom stereocenters. The van der Waals surface area contributed by atoms with Crippen molar-refractivity contribution in [1.82, 2.24) is 43.6 Å². The Morgan fingerprint density at radius 3 is 1.09 bits per heavy atom. The van der Waals surface area contributed by atoms with E-state index in [0.29, 0.717) is 23.2 Å². The van der Waals surface area contributed by atoms with Crippen LogP contribution in [0.25, 0.3) is 268 Å². The van der Waals surface area contributed by atoms with E-state index in [1.165, 1.54) is 118 Å². The minimum Gasteiger partial charge on any atom is -0.452 e. The lowest BCUT2D eigenvalue weighted by Gasteiger charge is -2.13. The molecule has 20 aromatic carbocycles. The zero-order valence-corrected chi connectivity index (χ0v) is 69.2. The van der Waals surface area contributed by atoms with Crippen LogP contribution >= 0.6 is 11.3 Å². The van der Waals surface area contributed by atoms with Gasteiger partial charge in [-0.15, -0.1) is 11.3 Å². The van der Waals surface area contributed by atoms with Crippen LogP contribution in [0, 0.1) is 0 Å². The third-order valence-corrected chi connectivity index (χ3v) is 27.0. The van der Waals surface area contributed by atoms with Crippen LogP contribution in [0.3, 0.4) is 0 Å². The summed E-state index contributed by atoms with van der Waals surface area (Å²) in [5.74, 6) is 2.10. The average molecular weight is 1650 g/mol. The van der Waals surface area contributed by atoms with Crippen LogP contribution in [0.2, 0.25) is 0 Å². The third-order valence-electron chi connectivity index (χ3n) is 25.9. The summed E-state index contributed by atoms with van der Waals surface area (Å²) in [4.78, 5) is 31.9. The lowest BCUT2D eigenvalue weighted by atomic mass is 10.0. The highest BCUT2D eigenvalue weighted by Crippen LogP contribution is 2.48. The van der Waals surface area contributed by atoms with E-state index in [2.05, 4.69) is 366 Å². The molecule has 0 aliphatic rings. The van der Waals surface area contributed by atoms with E-state index in [1.54, 1.807) is 11.3 Å². The van der Waals surface area contributed by atoms with E-state index in [4.69, 9.17) is 38.7 Å². The number of rotatable bonds is 6. The van der Waals surface area contributed by atoms with E-state index in [-0.39, 0.29) is 0 Å². The minimum absolute atomic E-state index is 0.542. The molecule has 12 heteroatoms. The van der Waals surface area contributed by atoms with Gasteiger partial charge < -0.3 is 8.83 Å². The SMILES string of the molecule is c1ccc(-c2nc3oc4ccccc4c3nc2-n2c3cc4ccccc4cc3c3c4ccccc4ccc32)cc1.c1ccc2cc(-c3nc(-n4c5cc6ccccc6cc5c5c6ccccc6ccc54)nc4c3oc3ccccc34)ccc2c1.c1ccc2cc(-c3nc(-n4c5cc6ccccc6cc5c5c6ccccc6ccc54)nc4c3sc3ccccc34)ccc2c1. The van der Waals surface area contributed by atoms with Crippen LogP contribution < -0.4 is 0 Å². The van der Waals surface area contributed by atoms with E-state index in [0.717, 1.165) is 127 Å². The second-order valence-corrected chi connectivity index (χ2v) is 34.2. The number of hydrogen-bond acceptors (Lipinski definition) is 9. The number of thiophene rings is 1. The summed E-state index contributed by atoms with van der Waals surface area (Å²) < 4.78 is 21.8. The van der Waals surface area contributed by atoms with Crippen molar-refractivity contribution in [1.29, 1.82) is 0 Å². The first kappa shape index (κ1) is 71.5. The topological polar surface area (TPSA) is 118 Å². The number of nitrogens with zero attached hydrogens (tertiary/aromatic N) is 9. The van der Waals surface area contributed by atoms with E-state index < -0.39 is 0 Å². The van der Waals surface area contributed by atoms with Gasteiger partial charge in [-0.3, -0.25) is 13.7 Å². The molecule has 29 rings (SSSR count). The Labute approximate surface area is 732 Å². The smallest absolute Gasteiger partial charge is 0.247 e. The standard InChI is InChI=1S/C40H23N3O.C40H23N3S.C36H21N3O/c2*1-2-11-26-21-29(18-17-24(26)9-1)37-39-38(31-15-7-8-16-35(31)44-39)42-40(41-37)43-33-20-19-25-10-5-6-14-30(25)36(33)32-22-27-12-3-4-13-28(27)23-34(32)43;1-2-11-23(12-3-1)33-35(37-34-27-16-8-9-17-31(27)40-36(34)38-33)39-29-19-18-22-10-6-7-15-26(22)32(29)28-20-24-13-4-5-14-25(24)21-30(28)39/h2*1-23H;1-21H. The minimum atomic E-state index is 0.542. The van der Waals surface area contributed by atoms with Gasteiger partial charge >= 0.3 is 0 Å². The van der Waals surface area contributed by atoms with E-state index in [1.807, 2.05) is 54.6 Å². The molecule has 128 heavy (non-hydrogen) atoms. The van der Waals surface area contributed by atoms with Crippen molar-refractivity contribution < 1.29 is 8.83 Å². The van der Waals surface area contributed by atoms with E-state index >= 15 is 0 Å². The molecule has 9 aromatic heterocycles. The number of hydrogen-bond donors (Lipinski definition) is 0. The summed E-state index contributed by atoms with van der Waals surface area (Å²) in [5.41, 5.74) is 17.6. The van der Waals surface area contributed by atoms with Crippen molar-refractivity contribution >= 4 is 228 Å². The summed E-state index contributed by atoms with van der Waals surface area (Å²) >= 11 is 1.77. The highest BCUT2D eigenvalue weighted by molar-refractivity contribution is 7.26. The Bertz CT molecular complexity index is 9390. The summed E-state index contributed by atoms with van der Waals surface area (Å²) in [6.07, 6.45) is 0. The summed E-state index contributed by atoms with van der Waals surface area (Å²) in [6.45, 7) is 0. The maximum Gasteiger partial charge on any atom is 0.247 e. The number of furan rings is 2. The van der Waals surface area contributed by atoms with Gasteiger partial charge in [-0.25, -0.2) is 29.9 Å². The van der Waals surface area contributed by atoms with Gasteiger partial charge in [-0.2, -0.15) is 0 Å². The molecule has 29 aromatic rings. The first-order chi connectivity index (χ1) is 63.4. The second kappa shape index (κ2) is 28.2. The zero-order chi connectivity index (χ0) is 83.8. The molecule has 594 valence electrons. The molecular weight excluding hydrogens is 1580 g/mol. The highest BCUT2D eigenvalue weighted by atomic mass is 32.1. The monoisotopic (exact) mass is 1650 g/mol. The molecule has 0 saturated carbocycles. The zero-order valence-electron chi connectivity index (χ0n) is 68.4. The van der Waals surface area contributed by atoms with Crippen LogP contribution in [0.15, 0.2) is 415 Å². The van der Waals surface area contributed by atoms with Crippen LogP contribution in [-0.2, 0) is 0 Å². The third kappa shape index (κ3) is 11.2. The highest BCUT2D eigenvalue weighted by Gasteiger charge is 2.28. The molecule has 0 bridgehead atoms. The van der Waals surface area contributed by atoms with E-state index in [9.17, 15) is 0 Å². The van der Waals surface area contributed by atoms with Gasteiger partial charge in [0.05, 0.1) is 49.0 Å². The van der Waals surface area contributed by atoms with Crippen molar-refractivity contribution in [3.05, 3.63) is 406 Å². The molecule has 0 spiro atoms. The molecule has 0 amide bonds. The molecule has 11 nitrogen and oxygen atoms in total. The van der Waals surface area contributed by atoms with Gasteiger partial charge in [0.2, 0.25) is 17.6 Å². The van der Waals surface area contributed by atoms with Gasteiger partial charge in [-0.05, 0) is 183 Å². The maximum absolute atomic E-state index is 6.48. The molecule has 0 N–H and O–H groups in total. The summed E-state index contributed by atoms with van der Waals surface area (Å²) in [6, 6.07) is 144. The van der Waals surface area contributed by atoms with Crippen LogP contribution in [0.5, 0.6) is 0 Å². The first-order valence-corrected chi connectivity index (χ1v) is 43.9. The summed E-state index contributed by atoms with van der Waals surface area (Å²) in [7, 11) is 0. The Hall–Kier alpha value is -17.1. The Kier molecular flexibility index (Phi) is 15.8. The summed E-state index contributed by atoms with van der Waals surface area (Å²) in [5, 5.41) is 29.7. The van der Waals surface area contributed by atoms with Crippen molar-refractivity contribution in [3.8, 4) is 51.5 Å². The van der Waals surface area contributed by atoms with Crippen molar-refractivity contribution in [2.24, 2.45) is 0 Å². The second-order valence-electron chi connectivity index (χ2n) is 33.1. The Balaban J connectivity index is 0.0000000994. The largest absolute Gasteiger partial charge is 0.452 e. The predicted octanol–water partition coefficient (Wildman–Crippen LogP) is 31.1. The molecule has 0 aliphatic heterocycles. The molecule has 0 unspecified atom stereocenters. The van der Waals surface area contributed by atoms with Crippen LogP contribution in [0.1, 0.15) is 0 Å². The lowest BCUT2D eigenvalue weighted by molar-refractivity contribution is 0.653. The number of benzene rings is 20. The van der Waals surface area contributed by atoms with Crippen molar-refractivity contribution in [2.45, 2.75) is 0 Å². The van der Waals surface area contributed by atoms with Crippen molar-refractivity contribution in [2.75, 3.05) is 0 Å². The number of fused-ring (bicyclic) bond motifs is 29. The molecule has 9 heterocycles. The Morgan fingerprint density at radius 1 is 0.211 bits per heavy atom. The fourth-order valence-corrected chi connectivity index (χ4v) is 21.1. The predicted molar refractivity (Wildman–Crippen MR) is 533 cm³/mol. The quantitative estimate of drug-likeness (QED) is 0.162. The van der Waals surface area contributed by atoms with Gasteiger partial charge in [0.15, 0.2) is 11.4 Å². The van der Waals surface area contributed by atoms with Crippen LogP contribution in [-0.4, -0.2) is 43.6 Å². The molecule has 0 saturated heterocycles. The van der Waals surface area contributed by atoms with Gasteiger partial charge in [0.25, 0.3) is 0 Å². The molecular formula is C116H67N9O2S. The Morgan fingerprint density at radius 2 is 0.578 bits per heavy atom. The average Bonchev–Trinajstić information content (AvgIpc) is 1.56. The van der Waals surface area contributed by atoms with Gasteiger partial charge in [-0.1, -0.05) is 309 Å². The first-order valence-electron chi connectivity index (χ1n) is 43.1. The fraction of sp³-hybridized carbons (Fsp3) is 0. The van der Waals surface area contributed by atoms with Gasteiger partial charge in [0, 0.05) is 69.9 Å². The van der Waals surface area contributed by atoms with Gasteiger partial charge in [0.1, 0.15) is 33.6 Å². The fourth-order valence-electron chi connectivity index (χ4n) is 20.0. The lowest BCUT2D eigenvalue weighted by Crippen LogP contribution is -2.03. The molecule has 0 aliphatic carbocycles. The number of aromatic nitrogens is 9. The maximum atomic E-state index is 6.48.